The molecule has 7 heteroatoms. The third-order valence-corrected chi connectivity index (χ3v) is 2.64. The summed E-state index contributed by atoms with van der Waals surface area (Å²) in [6.45, 7) is 0. The summed E-state index contributed by atoms with van der Waals surface area (Å²) in [6, 6.07) is 7.77. The van der Waals surface area contributed by atoms with Gasteiger partial charge in [-0.3, -0.25) is 4.79 Å². The van der Waals surface area contributed by atoms with E-state index in [1.807, 2.05) is 4.98 Å². The van der Waals surface area contributed by atoms with E-state index in [9.17, 15) is 22.8 Å². The van der Waals surface area contributed by atoms with Gasteiger partial charge in [-0.2, -0.15) is 13.2 Å². The Morgan fingerprint density at radius 2 is 1.75 bits per heavy atom. The number of pyridine rings is 1. The van der Waals surface area contributed by atoms with Crippen molar-refractivity contribution in [3.8, 4) is 11.3 Å². The van der Waals surface area contributed by atoms with Gasteiger partial charge >= 0.3 is 12.1 Å². The molecule has 2 rings (SSSR count). The molecule has 0 fully saturated rings. The average Bonchev–Trinajstić information content (AvgIpc) is 2.37. The van der Waals surface area contributed by atoms with Crippen molar-refractivity contribution in [3.63, 3.8) is 0 Å². The minimum Gasteiger partial charge on any atom is -0.477 e. The lowest BCUT2D eigenvalue weighted by molar-refractivity contribution is -0.137. The standard InChI is InChI=1S/C13H8F3NO3/c14-13(15,16)9-6-8(12(19)20)11(18)17-10(9)7-4-2-1-3-5-7/h1-6H,(H,17,18)(H,19,20). The molecule has 4 nitrogen and oxygen atoms in total. The summed E-state index contributed by atoms with van der Waals surface area (Å²) in [6.07, 6.45) is -4.78. The van der Waals surface area contributed by atoms with Gasteiger partial charge in [0.25, 0.3) is 5.56 Å². The molecule has 1 aromatic heterocycles. The Hall–Kier alpha value is -2.57. The number of aromatic nitrogens is 1. The van der Waals surface area contributed by atoms with E-state index in [-0.39, 0.29) is 5.56 Å². The Bertz CT molecular complexity index is 705. The molecular formula is C13H8F3NO3. The second-order valence-electron chi connectivity index (χ2n) is 3.97. The van der Waals surface area contributed by atoms with Crippen molar-refractivity contribution >= 4 is 5.97 Å². The topological polar surface area (TPSA) is 70.2 Å². The maximum atomic E-state index is 13.0. The van der Waals surface area contributed by atoms with Crippen LogP contribution < -0.4 is 5.56 Å². The van der Waals surface area contributed by atoms with Crippen LogP contribution in [0.4, 0.5) is 13.2 Å². The van der Waals surface area contributed by atoms with Crippen LogP contribution in [-0.2, 0) is 6.18 Å². The highest BCUT2D eigenvalue weighted by molar-refractivity contribution is 5.88. The minimum atomic E-state index is -4.78. The van der Waals surface area contributed by atoms with E-state index in [1.54, 1.807) is 6.07 Å². The third kappa shape index (κ3) is 2.56. The van der Waals surface area contributed by atoms with E-state index in [4.69, 9.17) is 5.11 Å². The summed E-state index contributed by atoms with van der Waals surface area (Å²) in [5, 5.41) is 8.73. The number of benzene rings is 1. The van der Waals surface area contributed by atoms with E-state index in [2.05, 4.69) is 0 Å². The van der Waals surface area contributed by atoms with Crippen molar-refractivity contribution in [1.29, 1.82) is 0 Å². The van der Waals surface area contributed by atoms with Crippen LogP contribution in [0, 0.1) is 0 Å². The molecule has 0 saturated heterocycles. The largest absolute Gasteiger partial charge is 0.477 e. The molecule has 0 radical (unpaired) electrons. The van der Waals surface area contributed by atoms with Gasteiger partial charge in [-0.1, -0.05) is 30.3 Å². The molecule has 0 unspecified atom stereocenters. The fourth-order valence-corrected chi connectivity index (χ4v) is 1.75. The molecule has 0 saturated carbocycles. The summed E-state index contributed by atoms with van der Waals surface area (Å²) in [7, 11) is 0. The molecule has 0 spiro atoms. The lowest BCUT2D eigenvalue weighted by Gasteiger charge is -2.13. The SMILES string of the molecule is O=C(O)c1cc(C(F)(F)F)c(-c2ccccc2)[nH]c1=O. The number of carbonyl (C=O) groups is 1. The van der Waals surface area contributed by atoms with E-state index < -0.39 is 34.5 Å². The molecule has 2 N–H and O–H groups in total. The van der Waals surface area contributed by atoms with Crippen LogP contribution in [-0.4, -0.2) is 16.1 Å². The molecule has 0 aliphatic carbocycles. The second-order valence-corrected chi connectivity index (χ2v) is 3.97. The van der Waals surface area contributed by atoms with Gasteiger partial charge in [-0.15, -0.1) is 0 Å². The van der Waals surface area contributed by atoms with Gasteiger partial charge in [0.15, 0.2) is 0 Å². The van der Waals surface area contributed by atoms with E-state index >= 15 is 0 Å². The minimum absolute atomic E-state index is 0.147. The molecular weight excluding hydrogens is 275 g/mol. The van der Waals surface area contributed by atoms with Gasteiger partial charge in [-0.25, -0.2) is 4.79 Å². The van der Waals surface area contributed by atoms with E-state index in [1.165, 1.54) is 24.3 Å². The number of aromatic amines is 1. The lowest BCUT2D eigenvalue weighted by Crippen LogP contribution is -2.22. The number of H-pyrrole nitrogens is 1. The number of nitrogens with one attached hydrogen (secondary N) is 1. The summed E-state index contributed by atoms with van der Waals surface area (Å²) in [4.78, 5) is 24.3. The summed E-state index contributed by atoms with van der Waals surface area (Å²) >= 11 is 0. The van der Waals surface area contributed by atoms with Gasteiger partial charge in [0.05, 0.1) is 11.3 Å². The highest BCUT2D eigenvalue weighted by Crippen LogP contribution is 2.35. The first-order valence-corrected chi connectivity index (χ1v) is 5.44. The molecule has 0 aliphatic heterocycles. The van der Waals surface area contributed by atoms with Crippen LogP contribution in [0.15, 0.2) is 41.2 Å². The van der Waals surface area contributed by atoms with Crippen LogP contribution in [0.1, 0.15) is 15.9 Å². The highest BCUT2D eigenvalue weighted by atomic mass is 19.4. The number of hydrogen-bond donors (Lipinski definition) is 2. The fourth-order valence-electron chi connectivity index (χ4n) is 1.75. The predicted octanol–water partition coefficient (Wildman–Crippen LogP) is 2.76. The second kappa shape index (κ2) is 4.84. The number of hydrogen-bond acceptors (Lipinski definition) is 2. The zero-order valence-electron chi connectivity index (χ0n) is 9.86. The van der Waals surface area contributed by atoms with Gasteiger partial charge in [0.1, 0.15) is 5.56 Å². The number of aromatic carboxylic acids is 1. The monoisotopic (exact) mass is 283 g/mol. The molecule has 1 heterocycles. The fraction of sp³-hybridized carbons (Fsp3) is 0.0769. The molecule has 2 aromatic rings. The smallest absolute Gasteiger partial charge is 0.418 e. The van der Waals surface area contributed by atoms with Gasteiger partial charge < -0.3 is 10.1 Å². The van der Waals surface area contributed by atoms with Crippen LogP contribution in [0.3, 0.4) is 0 Å². The number of rotatable bonds is 2. The van der Waals surface area contributed by atoms with Crippen LogP contribution in [0.5, 0.6) is 0 Å². The quantitative estimate of drug-likeness (QED) is 0.890. The lowest BCUT2D eigenvalue weighted by atomic mass is 10.0. The highest BCUT2D eigenvalue weighted by Gasteiger charge is 2.35. The van der Waals surface area contributed by atoms with Crippen molar-refractivity contribution in [1.82, 2.24) is 4.98 Å². The van der Waals surface area contributed by atoms with E-state index in [0.29, 0.717) is 6.07 Å². The number of halogens is 3. The summed E-state index contributed by atoms with van der Waals surface area (Å²) in [5.74, 6) is -1.71. The molecule has 20 heavy (non-hydrogen) atoms. The normalized spacial score (nSPS) is 11.3. The first-order chi connectivity index (χ1) is 9.30. The number of alkyl halides is 3. The Balaban J connectivity index is 2.78. The summed E-state index contributed by atoms with van der Waals surface area (Å²) < 4.78 is 39.0. The van der Waals surface area contributed by atoms with Gasteiger partial charge in [-0.05, 0) is 11.6 Å². The Labute approximate surface area is 110 Å². The van der Waals surface area contributed by atoms with Crippen molar-refractivity contribution < 1.29 is 23.1 Å². The van der Waals surface area contributed by atoms with Crippen LogP contribution in [0.25, 0.3) is 11.3 Å². The average molecular weight is 283 g/mol. The Kier molecular flexibility index (Phi) is 3.35. The van der Waals surface area contributed by atoms with Gasteiger partial charge in [0, 0.05) is 0 Å². The number of carboxylic acid groups (broad SMARTS) is 1. The zero-order chi connectivity index (χ0) is 14.9. The van der Waals surface area contributed by atoms with Crippen molar-refractivity contribution in [2.75, 3.05) is 0 Å². The van der Waals surface area contributed by atoms with Crippen LogP contribution in [0.2, 0.25) is 0 Å². The number of carboxylic acids is 1. The first kappa shape index (κ1) is 13.9. The maximum absolute atomic E-state index is 13.0. The molecule has 0 aliphatic rings. The third-order valence-electron chi connectivity index (χ3n) is 2.64. The maximum Gasteiger partial charge on any atom is 0.418 e. The van der Waals surface area contributed by atoms with Crippen molar-refractivity contribution in [3.05, 3.63) is 57.9 Å². The van der Waals surface area contributed by atoms with Crippen molar-refractivity contribution in [2.45, 2.75) is 6.18 Å². The Morgan fingerprint density at radius 3 is 2.25 bits per heavy atom. The predicted molar refractivity (Wildman–Crippen MR) is 64.5 cm³/mol. The molecule has 0 bridgehead atoms. The first-order valence-electron chi connectivity index (χ1n) is 5.44. The Morgan fingerprint density at radius 1 is 1.15 bits per heavy atom. The van der Waals surface area contributed by atoms with Gasteiger partial charge in [0.2, 0.25) is 0 Å². The van der Waals surface area contributed by atoms with Crippen molar-refractivity contribution in [2.24, 2.45) is 0 Å². The molecule has 1 aromatic carbocycles. The van der Waals surface area contributed by atoms with Crippen LogP contribution >= 0.6 is 0 Å². The molecule has 104 valence electrons. The zero-order valence-corrected chi connectivity index (χ0v) is 9.86. The molecule has 0 amide bonds. The molecule has 0 atom stereocenters. The van der Waals surface area contributed by atoms with E-state index in [0.717, 1.165) is 0 Å². The summed E-state index contributed by atoms with van der Waals surface area (Å²) in [5.41, 5.74) is -3.52.